The van der Waals surface area contributed by atoms with Crippen LogP contribution in [0.4, 0.5) is 4.39 Å². The lowest BCUT2D eigenvalue weighted by Gasteiger charge is -2.30. The number of hydrogen-bond donors (Lipinski definition) is 1. The number of likely N-dealkylation sites (N-methyl/N-ethyl adjacent to an activating group) is 1. The Bertz CT molecular complexity index is 248. The molecule has 80 valence electrons. The molecule has 0 aromatic carbocycles. The lowest BCUT2D eigenvalue weighted by molar-refractivity contribution is 0.107. The van der Waals surface area contributed by atoms with Gasteiger partial charge in [0.05, 0.1) is 0 Å². The summed E-state index contributed by atoms with van der Waals surface area (Å²) in [5, 5.41) is 3.08. The summed E-state index contributed by atoms with van der Waals surface area (Å²) in [6.07, 6.45) is 7.21. The molecule has 0 aliphatic heterocycles. The molecule has 0 saturated heterocycles. The Morgan fingerprint density at radius 1 is 1.57 bits per heavy atom. The van der Waals surface area contributed by atoms with E-state index in [4.69, 9.17) is 0 Å². The van der Waals surface area contributed by atoms with Gasteiger partial charge in [-0.15, -0.1) is 0 Å². The molecular weight excluding hydrogens is 177 g/mol. The second-order valence-corrected chi connectivity index (χ2v) is 4.52. The van der Waals surface area contributed by atoms with Crippen LogP contribution in [0.1, 0.15) is 27.2 Å². The summed E-state index contributed by atoms with van der Waals surface area (Å²) in [4.78, 5) is 0. The molecule has 0 heterocycles. The van der Waals surface area contributed by atoms with E-state index in [1.165, 1.54) is 0 Å². The van der Waals surface area contributed by atoms with Crippen LogP contribution in [0.15, 0.2) is 23.9 Å². The van der Waals surface area contributed by atoms with Crippen LogP contribution in [0.25, 0.3) is 0 Å². The predicted molar refractivity (Wildman–Crippen MR) is 58.7 cm³/mol. The maximum Gasteiger partial charge on any atom is 0.108 e. The molecule has 0 bridgehead atoms. The highest BCUT2D eigenvalue weighted by Gasteiger charge is 2.30. The monoisotopic (exact) mass is 197 g/mol. The van der Waals surface area contributed by atoms with Gasteiger partial charge in [-0.3, -0.25) is 0 Å². The van der Waals surface area contributed by atoms with E-state index in [1.54, 1.807) is 13.8 Å². The van der Waals surface area contributed by atoms with Gasteiger partial charge in [-0.25, -0.2) is 4.39 Å². The smallest absolute Gasteiger partial charge is 0.108 e. The highest BCUT2D eigenvalue weighted by Crippen LogP contribution is 2.32. The number of halogens is 1. The fourth-order valence-corrected chi connectivity index (χ4v) is 1.70. The van der Waals surface area contributed by atoms with Crippen LogP contribution < -0.4 is 5.32 Å². The third-order valence-electron chi connectivity index (χ3n) is 3.15. The average Bonchev–Trinajstić information content (AvgIpc) is 2.15. The summed E-state index contributed by atoms with van der Waals surface area (Å²) >= 11 is 0. The molecule has 1 aliphatic rings. The molecule has 1 nitrogen and oxygen atoms in total. The van der Waals surface area contributed by atoms with E-state index in [0.717, 1.165) is 12.1 Å². The number of alkyl halides is 1. The van der Waals surface area contributed by atoms with Crippen LogP contribution in [-0.4, -0.2) is 12.7 Å². The van der Waals surface area contributed by atoms with E-state index < -0.39 is 5.67 Å². The zero-order chi connectivity index (χ0) is 10.8. The minimum atomic E-state index is -1.10. The minimum Gasteiger partial charge on any atom is -0.388 e. The number of rotatable bonds is 3. The second-order valence-electron chi connectivity index (χ2n) is 4.52. The Kier molecular flexibility index (Phi) is 3.35. The predicted octanol–water partition coefficient (Wildman–Crippen LogP) is 3.05. The van der Waals surface area contributed by atoms with E-state index in [1.807, 2.05) is 20.0 Å². The average molecular weight is 197 g/mol. The summed E-state index contributed by atoms with van der Waals surface area (Å²) < 4.78 is 13.7. The molecule has 2 unspecified atom stereocenters. The molecule has 0 spiro atoms. The summed E-state index contributed by atoms with van der Waals surface area (Å²) in [5.74, 6) is 0.389. The Morgan fingerprint density at radius 3 is 2.57 bits per heavy atom. The molecule has 0 aromatic heterocycles. The zero-order valence-electron chi connectivity index (χ0n) is 9.47. The van der Waals surface area contributed by atoms with E-state index in [9.17, 15) is 4.39 Å². The lowest BCUT2D eigenvalue weighted by atomic mass is 9.79. The lowest BCUT2D eigenvalue weighted by Crippen LogP contribution is -2.30. The first-order chi connectivity index (χ1) is 6.45. The Hall–Kier alpha value is -0.790. The van der Waals surface area contributed by atoms with Gasteiger partial charge in [0.2, 0.25) is 0 Å². The van der Waals surface area contributed by atoms with Gasteiger partial charge in [-0.2, -0.15) is 0 Å². The fraction of sp³-hybridized carbons (Fsp3) is 0.667. The van der Waals surface area contributed by atoms with Gasteiger partial charge in [-0.1, -0.05) is 19.1 Å². The number of allylic oxidation sites excluding steroid dienone is 3. The molecule has 0 fully saturated rings. The summed E-state index contributed by atoms with van der Waals surface area (Å²) in [6, 6.07) is 0. The first-order valence-electron chi connectivity index (χ1n) is 5.20. The maximum atomic E-state index is 13.7. The molecule has 1 aliphatic carbocycles. The van der Waals surface area contributed by atoms with Crippen molar-refractivity contribution < 1.29 is 4.39 Å². The largest absolute Gasteiger partial charge is 0.388 e. The van der Waals surface area contributed by atoms with Crippen molar-refractivity contribution in [2.45, 2.75) is 32.9 Å². The zero-order valence-corrected chi connectivity index (χ0v) is 9.47. The van der Waals surface area contributed by atoms with E-state index in [0.29, 0.717) is 5.92 Å². The Labute approximate surface area is 86.1 Å². The van der Waals surface area contributed by atoms with Crippen LogP contribution in [0.5, 0.6) is 0 Å². The van der Waals surface area contributed by atoms with Crippen LogP contribution in [-0.2, 0) is 0 Å². The Balaban J connectivity index is 2.60. The van der Waals surface area contributed by atoms with Gasteiger partial charge in [0.15, 0.2) is 0 Å². The first-order valence-corrected chi connectivity index (χ1v) is 5.20. The fourth-order valence-electron chi connectivity index (χ4n) is 1.70. The Morgan fingerprint density at radius 2 is 2.21 bits per heavy atom. The molecule has 2 heteroatoms. The van der Waals surface area contributed by atoms with Crippen molar-refractivity contribution >= 4 is 0 Å². The number of hydrogen-bond acceptors (Lipinski definition) is 1. The minimum absolute atomic E-state index is 0.0633. The van der Waals surface area contributed by atoms with Gasteiger partial charge < -0.3 is 5.32 Å². The highest BCUT2D eigenvalue weighted by atomic mass is 19.1. The molecule has 0 aromatic rings. The topological polar surface area (TPSA) is 12.0 Å². The van der Waals surface area contributed by atoms with Crippen molar-refractivity contribution in [1.82, 2.24) is 5.32 Å². The van der Waals surface area contributed by atoms with Crippen molar-refractivity contribution in [2.75, 3.05) is 7.05 Å². The summed E-state index contributed by atoms with van der Waals surface area (Å²) in [6.45, 7) is 5.29. The third kappa shape index (κ3) is 2.60. The van der Waals surface area contributed by atoms with Crippen LogP contribution in [0.2, 0.25) is 0 Å². The van der Waals surface area contributed by atoms with Gasteiger partial charge in [-0.05, 0) is 38.2 Å². The SMILES string of the molecule is CNC1=CCC(C(C)C(C)(C)F)C=C1. The normalized spacial score (nSPS) is 24.4. The van der Waals surface area contributed by atoms with Crippen molar-refractivity contribution in [2.24, 2.45) is 11.8 Å². The van der Waals surface area contributed by atoms with Gasteiger partial charge in [0.1, 0.15) is 5.67 Å². The highest BCUT2D eigenvalue weighted by molar-refractivity contribution is 5.22. The molecular formula is C12H20FN. The molecule has 14 heavy (non-hydrogen) atoms. The molecule has 1 rings (SSSR count). The molecule has 1 N–H and O–H groups in total. The quantitative estimate of drug-likeness (QED) is 0.733. The molecule has 2 atom stereocenters. The van der Waals surface area contributed by atoms with Gasteiger partial charge >= 0.3 is 0 Å². The second kappa shape index (κ2) is 4.16. The van der Waals surface area contributed by atoms with Crippen LogP contribution in [0, 0.1) is 11.8 Å². The van der Waals surface area contributed by atoms with E-state index in [-0.39, 0.29) is 5.92 Å². The van der Waals surface area contributed by atoms with Crippen molar-refractivity contribution in [3.63, 3.8) is 0 Å². The third-order valence-corrected chi connectivity index (χ3v) is 3.15. The standard InChI is InChI=1S/C12H20FN/c1-9(12(2,3)13)10-5-7-11(14-4)8-6-10/h5,7-10,14H,6H2,1-4H3. The summed E-state index contributed by atoms with van der Waals surface area (Å²) in [7, 11) is 1.90. The van der Waals surface area contributed by atoms with Crippen molar-refractivity contribution in [1.29, 1.82) is 0 Å². The van der Waals surface area contributed by atoms with Crippen LogP contribution >= 0.6 is 0 Å². The van der Waals surface area contributed by atoms with Crippen LogP contribution in [0.3, 0.4) is 0 Å². The van der Waals surface area contributed by atoms with Crippen molar-refractivity contribution in [3.05, 3.63) is 23.9 Å². The first kappa shape index (κ1) is 11.3. The maximum absolute atomic E-state index is 13.7. The number of nitrogens with one attached hydrogen (secondary N) is 1. The molecule has 0 saturated carbocycles. The van der Waals surface area contributed by atoms with Gasteiger partial charge in [0, 0.05) is 12.7 Å². The van der Waals surface area contributed by atoms with Gasteiger partial charge in [0.25, 0.3) is 0 Å². The van der Waals surface area contributed by atoms with Crippen molar-refractivity contribution in [3.8, 4) is 0 Å². The van der Waals surface area contributed by atoms with E-state index >= 15 is 0 Å². The summed E-state index contributed by atoms with van der Waals surface area (Å²) in [5.41, 5.74) is 0.0325. The van der Waals surface area contributed by atoms with E-state index in [2.05, 4.69) is 17.5 Å². The molecule has 0 radical (unpaired) electrons. The molecule has 0 amide bonds.